The number of carboxylic acids is 1. The van der Waals surface area contributed by atoms with E-state index >= 15 is 0 Å². The molecule has 2 aliphatic rings. The van der Waals surface area contributed by atoms with E-state index in [1.54, 1.807) is 6.07 Å². The zero-order chi connectivity index (χ0) is 14.3. The van der Waals surface area contributed by atoms with Crippen LogP contribution in [0.1, 0.15) is 18.4 Å². The van der Waals surface area contributed by atoms with Crippen molar-refractivity contribution in [3.8, 4) is 0 Å². The number of carbonyl (C=O) groups excluding carboxylic acids is 1. The molecule has 0 aliphatic carbocycles. The van der Waals surface area contributed by atoms with E-state index in [4.69, 9.17) is 4.74 Å². The number of fused-ring (bicyclic) bond motifs is 2. The van der Waals surface area contributed by atoms with Gasteiger partial charge in [-0.05, 0) is 37.5 Å². The van der Waals surface area contributed by atoms with Crippen LogP contribution in [0.3, 0.4) is 0 Å². The van der Waals surface area contributed by atoms with Gasteiger partial charge in [0, 0.05) is 5.69 Å². The first-order valence-corrected chi connectivity index (χ1v) is 6.82. The number of hydrogen-bond donors (Lipinski definition) is 2. The Labute approximate surface area is 116 Å². The Morgan fingerprint density at radius 3 is 2.60 bits per heavy atom. The van der Waals surface area contributed by atoms with Crippen molar-refractivity contribution in [1.29, 1.82) is 0 Å². The minimum Gasteiger partial charge on any atom is -0.481 e. The SMILES string of the molecule is Cc1cccc(NC(=O)[C@H]2[C@@H](C(=O)O)[C@H]3CC[C@@H]2O3)c1. The van der Waals surface area contributed by atoms with Crippen LogP contribution in [0, 0.1) is 18.8 Å². The van der Waals surface area contributed by atoms with Gasteiger partial charge in [-0.2, -0.15) is 0 Å². The number of aryl methyl sites for hydroxylation is 1. The van der Waals surface area contributed by atoms with Gasteiger partial charge in [-0.3, -0.25) is 9.59 Å². The summed E-state index contributed by atoms with van der Waals surface area (Å²) < 4.78 is 5.60. The molecule has 2 saturated heterocycles. The molecule has 3 rings (SSSR count). The third kappa shape index (κ3) is 2.18. The summed E-state index contributed by atoms with van der Waals surface area (Å²) in [7, 11) is 0. The first-order chi connectivity index (χ1) is 9.56. The van der Waals surface area contributed by atoms with E-state index < -0.39 is 17.8 Å². The number of benzene rings is 1. The molecule has 1 aromatic carbocycles. The van der Waals surface area contributed by atoms with Crippen LogP contribution in [0.5, 0.6) is 0 Å². The van der Waals surface area contributed by atoms with E-state index in [1.807, 2.05) is 25.1 Å². The van der Waals surface area contributed by atoms with Crippen molar-refractivity contribution in [3.63, 3.8) is 0 Å². The van der Waals surface area contributed by atoms with Gasteiger partial charge in [0.1, 0.15) is 0 Å². The molecule has 5 heteroatoms. The first kappa shape index (κ1) is 13.1. The van der Waals surface area contributed by atoms with Crippen molar-refractivity contribution in [2.24, 2.45) is 11.8 Å². The predicted octanol–water partition coefficient (Wildman–Crippen LogP) is 1.81. The fourth-order valence-electron chi connectivity index (χ4n) is 3.27. The highest BCUT2D eigenvalue weighted by Gasteiger charge is 2.55. The van der Waals surface area contributed by atoms with Gasteiger partial charge in [-0.25, -0.2) is 0 Å². The number of nitrogens with one attached hydrogen (secondary N) is 1. The van der Waals surface area contributed by atoms with E-state index in [1.165, 1.54) is 0 Å². The maximum atomic E-state index is 12.4. The zero-order valence-corrected chi connectivity index (χ0v) is 11.2. The fraction of sp³-hybridized carbons (Fsp3) is 0.467. The topological polar surface area (TPSA) is 75.6 Å². The number of rotatable bonds is 3. The normalized spacial score (nSPS) is 31.2. The smallest absolute Gasteiger partial charge is 0.310 e. The van der Waals surface area contributed by atoms with Gasteiger partial charge < -0.3 is 15.2 Å². The largest absolute Gasteiger partial charge is 0.481 e. The molecular weight excluding hydrogens is 258 g/mol. The monoisotopic (exact) mass is 275 g/mol. The van der Waals surface area contributed by atoms with Crippen LogP contribution in [0.25, 0.3) is 0 Å². The summed E-state index contributed by atoms with van der Waals surface area (Å²) in [5.74, 6) is -2.51. The third-order valence-corrected chi connectivity index (χ3v) is 4.15. The van der Waals surface area contributed by atoms with Crippen molar-refractivity contribution in [1.82, 2.24) is 0 Å². The predicted molar refractivity (Wildman–Crippen MR) is 72.3 cm³/mol. The van der Waals surface area contributed by atoms with E-state index in [0.29, 0.717) is 5.69 Å². The molecule has 2 aliphatic heterocycles. The third-order valence-electron chi connectivity index (χ3n) is 4.15. The molecule has 2 fully saturated rings. The first-order valence-electron chi connectivity index (χ1n) is 6.82. The molecule has 0 unspecified atom stereocenters. The average Bonchev–Trinajstić information content (AvgIpc) is 2.98. The van der Waals surface area contributed by atoms with Crippen molar-refractivity contribution in [2.45, 2.75) is 32.0 Å². The molecule has 0 saturated carbocycles. The van der Waals surface area contributed by atoms with Crippen molar-refractivity contribution in [3.05, 3.63) is 29.8 Å². The number of carboxylic acid groups (broad SMARTS) is 1. The molecule has 5 nitrogen and oxygen atoms in total. The lowest BCUT2D eigenvalue weighted by molar-refractivity contribution is -0.147. The van der Waals surface area contributed by atoms with Crippen molar-refractivity contribution >= 4 is 17.6 Å². The summed E-state index contributed by atoms with van der Waals surface area (Å²) in [6.45, 7) is 1.94. The Balaban J connectivity index is 1.78. The average molecular weight is 275 g/mol. The summed E-state index contributed by atoms with van der Waals surface area (Å²) in [6.07, 6.45) is 0.924. The molecule has 4 atom stereocenters. The van der Waals surface area contributed by atoms with Crippen LogP contribution < -0.4 is 5.32 Å². The lowest BCUT2D eigenvalue weighted by Crippen LogP contribution is -2.40. The summed E-state index contributed by atoms with van der Waals surface area (Å²) in [5.41, 5.74) is 1.74. The van der Waals surface area contributed by atoms with Gasteiger partial charge in [0.15, 0.2) is 0 Å². The molecular formula is C15H17NO4. The van der Waals surface area contributed by atoms with Gasteiger partial charge in [-0.1, -0.05) is 12.1 Å². The van der Waals surface area contributed by atoms with Gasteiger partial charge in [0.05, 0.1) is 24.0 Å². The molecule has 1 aromatic rings. The maximum absolute atomic E-state index is 12.4. The second-order valence-corrected chi connectivity index (χ2v) is 5.54. The van der Waals surface area contributed by atoms with E-state index in [0.717, 1.165) is 18.4 Å². The summed E-state index contributed by atoms with van der Waals surface area (Å²) in [4.78, 5) is 23.7. The number of carbonyl (C=O) groups is 2. The maximum Gasteiger partial charge on any atom is 0.310 e. The van der Waals surface area contributed by atoms with Crippen LogP contribution >= 0.6 is 0 Å². The Morgan fingerprint density at radius 1 is 1.25 bits per heavy atom. The molecule has 20 heavy (non-hydrogen) atoms. The molecule has 1 amide bonds. The van der Waals surface area contributed by atoms with Gasteiger partial charge in [0.2, 0.25) is 5.91 Å². The molecule has 2 N–H and O–H groups in total. The molecule has 0 aromatic heterocycles. The van der Waals surface area contributed by atoms with E-state index in [9.17, 15) is 14.7 Å². The zero-order valence-electron chi connectivity index (χ0n) is 11.2. The number of aliphatic carboxylic acids is 1. The lowest BCUT2D eigenvalue weighted by Gasteiger charge is -2.23. The minimum atomic E-state index is -0.943. The van der Waals surface area contributed by atoms with Gasteiger partial charge >= 0.3 is 5.97 Å². The second kappa shape index (κ2) is 4.90. The van der Waals surface area contributed by atoms with Crippen molar-refractivity contribution in [2.75, 3.05) is 5.32 Å². The van der Waals surface area contributed by atoms with Crippen molar-refractivity contribution < 1.29 is 19.4 Å². The Morgan fingerprint density at radius 2 is 1.95 bits per heavy atom. The Bertz CT molecular complexity index is 557. The Hall–Kier alpha value is -1.88. The fourth-order valence-corrected chi connectivity index (χ4v) is 3.27. The number of ether oxygens (including phenoxy) is 1. The van der Waals surface area contributed by atoms with Crippen LogP contribution in [0.4, 0.5) is 5.69 Å². The van der Waals surface area contributed by atoms with E-state index in [2.05, 4.69) is 5.32 Å². The number of hydrogen-bond acceptors (Lipinski definition) is 3. The van der Waals surface area contributed by atoms with Crippen LogP contribution in [0.2, 0.25) is 0 Å². The molecule has 0 radical (unpaired) electrons. The quantitative estimate of drug-likeness (QED) is 0.882. The highest BCUT2D eigenvalue weighted by molar-refractivity contribution is 5.96. The molecule has 2 bridgehead atoms. The minimum absolute atomic E-state index is 0.254. The molecule has 0 spiro atoms. The van der Waals surface area contributed by atoms with E-state index in [-0.39, 0.29) is 18.1 Å². The summed E-state index contributed by atoms with van der Waals surface area (Å²) in [5, 5.41) is 12.1. The van der Waals surface area contributed by atoms with Crippen LogP contribution in [0.15, 0.2) is 24.3 Å². The van der Waals surface area contributed by atoms with Crippen LogP contribution in [-0.2, 0) is 14.3 Å². The van der Waals surface area contributed by atoms with Gasteiger partial charge in [0.25, 0.3) is 0 Å². The number of anilines is 1. The number of amides is 1. The van der Waals surface area contributed by atoms with Crippen LogP contribution in [-0.4, -0.2) is 29.2 Å². The highest BCUT2D eigenvalue weighted by Crippen LogP contribution is 2.44. The standard InChI is InChI=1S/C15H17NO4/c1-8-3-2-4-9(7-8)16-14(17)12-10-5-6-11(20-10)13(12)15(18)19/h2-4,7,10-13H,5-6H2,1H3,(H,16,17)(H,18,19)/t10-,11+,12+,13-/m0/s1. The summed E-state index contributed by atoms with van der Waals surface area (Å²) >= 11 is 0. The molecule has 2 heterocycles. The highest BCUT2D eigenvalue weighted by atomic mass is 16.5. The van der Waals surface area contributed by atoms with Gasteiger partial charge in [-0.15, -0.1) is 0 Å². The summed E-state index contributed by atoms with van der Waals surface area (Å²) in [6, 6.07) is 7.46. The molecule has 106 valence electrons. The second-order valence-electron chi connectivity index (χ2n) is 5.54. The Kier molecular flexibility index (Phi) is 3.22. The lowest BCUT2D eigenvalue weighted by atomic mass is 9.78.